The zero-order valence-electron chi connectivity index (χ0n) is 18.6. The quantitative estimate of drug-likeness (QED) is 0.593. The summed E-state index contributed by atoms with van der Waals surface area (Å²) in [5.74, 6) is 1.28. The number of hydrogen-bond donors (Lipinski definition) is 0. The van der Waals surface area contributed by atoms with Crippen molar-refractivity contribution in [2.24, 2.45) is 11.8 Å². The van der Waals surface area contributed by atoms with E-state index in [0.29, 0.717) is 12.5 Å². The summed E-state index contributed by atoms with van der Waals surface area (Å²) in [5.41, 5.74) is 4.29. The van der Waals surface area contributed by atoms with E-state index in [0.717, 1.165) is 61.1 Å². The first-order valence-electron chi connectivity index (χ1n) is 11.5. The molecular formula is C25H29FN4O2. The molecule has 5 rings (SSSR count). The first kappa shape index (κ1) is 21.1. The molecule has 1 saturated carbocycles. The van der Waals surface area contributed by atoms with Crippen molar-refractivity contribution in [3.05, 3.63) is 64.9 Å². The summed E-state index contributed by atoms with van der Waals surface area (Å²) < 4.78 is 15.4. The van der Waals surface area contributed by atoms with Crippen molar-refractivity contribution in [1.82, 2.24) is 19.7 Å². The third kappa shape index (κ3) is 4.01. The summed E-state index contributed by atoms with van der Waals surface area (Å²) in [5, 5.41) is 9.99. The van der Waals surface area contributed by atoms with Gasteiger partial charge in [-0.2, -0.15) is 0 Å². The minimum Gasteiger partial charge on any atom is -0.286 e. The van der Waals surface area contributed by atoms with Crippen molar-refractivity contribution in [2.45, 2.75) is 58.4 Å². The fourth-order valence-electron chi connectivity index (χ4n) is 5.25. The summed E-state index contributed by atoms with van der Waals surface area (Å²) in [6.45, 7) is 4.57. The molecule has 1 amide bonds. The Bertz CT molecular complexity index is 1120. The van der Waals surface area contributed by atoms with E-state index in [2.05, 4.69) is 33.8 Å². The fourth-order valence-corrected chi connectivity index (χ4v) is 5.25. The lowest BCUT2D eigenvalue weighted by atomic mass is 9.79. The molecule has 2 aromatic heterocycles. The lowest BCUT2D eigenvalue weighted by Gasteiger charge is -2.32. The van der Waals surface area contributed by atoms with Crippen LogP contribution in [0.15, 0.2) is 36.5 Å². The number of aryl methyl sites for hydroxylation is 2. The Hall–Kier alpha value is -2.80. The van der Waals surface area contributed by atoms with Crippen molar-refractivity contribution in [3.8, 4) is 0 Å². The maximum Gasteiger partial charge on any atom is 0.249 e. The Morgan fingerprint density at radius 2 is 1.84 bits per heavy atom. The maximum atomic E-state index is 13.3. The fraction of sp³-hybridized carbons (Fsp3) is 0.480. The number of amides is 1. The van der Waals surface area contributed by atoms with Gasteiger partial charge in [0, 0.05) is 18.5 Å². The Morgan fingerprint density at radius 3 is 2.59 bits per heavy atom. The number of fused-ring (bicyclic) bond motifs is 1. The molecule has 0 N–H and O–H groups in total. The van der Waals surface area contributed by atoms with Gasteiger partial charge in [0.15, 0.2) is 5.65 Å². The van der Waals surface area contributed by atoms with Gasteiger partial charge >= 0.3 is 0 Å². The number of hydroxylamine groups is 2. The number of aromatic nitrogens is 3. The van der Waals surface area contributed by atoms with Crippen LogP contribution < -0.4 is 0 Å². The van der Waals surface area contributed by atoms with Crippen LogP contribution in [0.2, 0.25) is 0 Å². The molecule has 168 valence electrons. The molecule has 2 fully saturated rings. The lowest BCUT2D eigenvalue weighted by Crippen LogP contribution is -2.36. The monoisotopic (exact) mass is 436 g/mol. The van der Waals surface area contributed by atoms with Crippen molar-refractivity contribution in [3.63, 3.8) is 0 Å². The highest BCUT2D eigenvalue weighted by atomic mass is 19.1. The van der Waals surface area contributed by atoms with Gasteiger partial charge in [0.25, 0.3) is 0 Å². The van der Waals surface area contributed by atoms with Crippen LogP contribution in [0.5, 0.6) is 0 Å². The van der Waals surface area contributed by atoms with Crippen LogP contribution in [0, 0.1) is 31.5 Å². The standard InChI is InChI=1S/C25H29FN4O2/c1-16-13-19(15-29-17(2)27-28-24(16)29)14-18-3-5-21(6-4-18)25(31)30-23(11-12-32-30)20-7-9-22(26)10-8-20/h7-10,13,15,18,21,23H,3-6,11-12,14H2,1-2H3/t18-,21-,23-/m0/s1. The summed E-state index contributed by atoms with van der Waals surface area (Å²) in [6, 6.07) is 8.49. The number of nitrogens with zero attached hydrogens (tertiary/aromatic N) is 4. The van der Waals surface area contributed by atoms with Gasteiger partial charge in [0.05, 0.1) is 12.6 Å². The Balaban J connectivity index is 1.21. The summed E-state index contributed by atoms with van der Waals surface area (Å²) >= 11 is 0. The molecule has 6 nitrogen and oxygen atoms in total. The maximum absolute atomic E-state index is 13.3. The number of rotatable bonds is 4. The van der Waals surface area contributed by atoms with Gasteiger partial charge in [-0.3, -0.25) is 14.0 Å². The molecule has 3 heterocycles. The minimum atomic E-state index is -0.266. The van der Waals surface area contributed by atoms with E-state index >= 15 is 0 Å². The molecule has 1 aliphatic heterocycles. The second-order valence-corrected chi connectivity index (χ2v) is 9.25. The summed E-state index contributed by atoms with van der Waals surface area (Å²) in [4.78, 5) is 18.9. The Labute approximate surface area is 187 Å². The van der Waals surface area contributed by atoms with Crippen molar-refractivity contribution in [2.75, 3.05) is 6.61 Å². The van der Waals surface area contributed by atoms with Crippen LogP contribution in [0.3, 0.4) is 0 Å². The van der Waals surface area contributed by atoms with Crippen LogP contribution in [0.1, 0.15) is 60.7 Å². The number of carbonyl (C=O) groups is 1. The van der Waals surface area contributed by atoms with Crippen molar-refractivity contribution in [1.29, 1.82) is 0 Å². The van der Waals surface area contributed by atoms with Crippen molar-refractivity contribution >= 4 is 11.6 Å². The third-order valence-corrected chi connectivity index (χ3v) is 7.01. The summed E-state index contributed by atoms with van der Waals surface area (Å²) in [6.07, 6.45) is 7.73. The number of benzene rings is 1. The first-order valence-corrected chi connectivity index (χ1v) is 11.5. The molecule has 2 aliphatic rings. The molecule has 7 heteroatoms. The third-order valence-electron chi connectivity index (χ3n) is 7.01. The van der Waals surface area contributed by atoms with Crippen LogP contribution in [-0.2, 0) is 16.1 Å². The molecule has 1 aliphatic carbocycles. The molecule has 1 atom stereocenters. The topological polar surface area (TPSA) is 59.7 Å². The Kier molecular flexibility index (Phi) is 5.67. The smallest absolute Gasteiger partial charge is 0.249 e. The van der Waals surface area contributed by atoms with Gasteiger partial charge in [-0.1, -0.05) is 18.2 Å². The lowest BCUT2D eigenvalue weighted by molar-refractivity contribution is -0.183. The molecule has 32 heavy (non-hydrogen) atoms. The number of carbonyl (C=O) groups excluding carboxylic acids is 1. The number of halogens is 1. The van der Waals surface area contributed by atoms with Crippen LogP contribution in [-0.4, -0.2) is 32.2 Å². The Morgan fingerprint density at radius 1 is 1.09 bits per heavy atom. The van der Waals surface area contributed by atoms with E-state index in [-0.39, 0.29) is 23.7 Å². The molecule has 1 aromatic carbocycles. The molecule has 0 bridgehead atoms. The number of hydrogen-bond acceptors (Lipinski definition) is 4. The molecule has 0 unspecified atom stereocenters. The number of pyridine rings is 1. The van der Waals surface area contributed by atoms with Gasteiger partial charge in [-0.15, -0.1) is 10.2 Å². The van der Waals surface area contributed by atoms with E-state index in [1.54, 1.807) is 17.2 Å². The molecule has 0 spiro atoms. The molecule has 1 saturated heterocycles. The van der Waals surface area contributed by atoms with E-state index in [4.69, 9.17) is 4.84 Å². The minimum absolute atomic E-state index is 0.00314. The van der Waals surface area contributed by atoms with Crippen LogP contribution in [0.25, 0.3) is 5.65 Å². The highest BCUT2D eigenvalue weighted by Gasteiger charge is 2.37. The molecule has 3 aromatic rings. The van der Waals surface area contributed by atoms with E-state index in [1.807, 2.05) is 6.92 Å². The molecular weight excluding hydrogens is 407 g/mol. The average molecular weight is 437 g/mol. The van der Waals surface area contributed by atoms with E-state index in [9.17, 15) is 9.18 Å². The SMILES string of the molecule is Cc1cc(C[C@H]2CC[C@H](C(=O)N3OCC[C@H]3c3ccc(F)cc3)CC2)cn2c(C)nnc12. The van der Waals surface area contributed by atoms with Gasteiger partial charge in [0.2, 0.25) is 5.91 Å². The average Bonchev–Trinajstić information content (AvgIpc) is 3.42. The molecule has 0 radical (unpaired) electrons. The van der Waals surface area contributed by atoms with Gasteiger partial charge in [-0.05, 0) is 80.7 Å². The highest BCUT2D eigenvalue weighted by molar-refractivity contribution is 5.78. The van der Waals surface area contributed by atoms with Gasteiger partial charge in [-0.25, -0.2) is 9.45 Å². The van der Waals surface area contributed by atoms with E-state index in [1.165, 1.54) is 17.7 Å². The zero-order chi connectivity index (χ0) is 22.2. The van der Waals surface area contributed by atoms with Crippen LogP contribution >= 0.6 is 0 Å². The zero-order valence-corrected chi connectivity index (χ0v) is 18.6. The summed E-state index contributed by atoms with van der Waals surface area (Å²) in [7, 11) is 0. The second-order valence-electron chi connectivity index (χ2n) is 9.25. The highest BCUT2D eigenvalue weighted by Crippen LogP contribution is 2.37. The van der Waals surface area contributed by atoms with Crippen molar-refractivity contribution < 1.29 is 14.0 Å². The first-order chi connectivity index (χ1) is 15.5. The van der Waals surface area contributed by atoms with Crippen LogP contribution in [0.4, 0.5) is 4.39 Å². The largest absolute Gasteiger partial charge is 0.286 e. The van der Waals surface area contributed by atoms with Gasteiger partial charge < -0.3 is 0 Å². The van der Waals surface area contributed by atoms with Gasteiger partial charge in [0.1, 0.15) is 11.6 Å². The predicted molar refractivity (Wildman–Crippen MR) is 118 cm³/mol. The normalized spacial score (nSPS) is 23.7. The van der Waals surface area contributed by atoms with E-state index < -0.39 is 0 Å². The second kappa shape index (κ2) is 8.62. The predicted octanol–water partition coefficient (Wildman–Crippen LogP) is 4.74.